The fourth-order valence-corrected chi connectivity index (χ4v) is 3.57. The Hall–Kier alpha value is -1.39. The second-order valence-corrected chi connectivity index (χ2v) is 7.46. The van der Waals surface area contributed by atoms with Crippen molar-refractivity contribution < 1.29 is 19.7 Å². The fourth-order valence-electron chi connectivity index (χ4n) is 3.57. The van der Waals surface area contributed by atoms with Gasteiger partial charge in [0.2, 0.25) is 0 Å². The zero-order valence-electron chi connectivity index (χ0n) is 15.9. The lowest BCUT2D eigenvalue weighted by atomic mass is 10.0. The molecule has 4 heteroatoms. The molecule has 2 unspecified atom stereocenters. The summed E-state index contributed by atoms with van der Waals surface area (Å²) in [6, 6.07) is 0. The summed E-state index contributed by atoms with van der Waals surface area (Å²) in [7, 11) is 0. The maximum atomic E-state index is 11.7. The SMILES string of the molecule is CC/C=C\C/C=C\CC(O)/C=C/[C@@H](O)[C@@H]1CC1[C@H]1CCCCCC(=O)O1. The molecule has 0 aromatic carbocycles. The van der Waals surface area contributed by atoms with Crippen molar-refractivity contribution in [2.24, 2.45) is 11.8 Å². The monoisotopic (exact) mass is 362 g/mol. The summed E-state index contributed by atoms with van der Waals surface area (Å²) in [6.45, 7) is 2.10. The highest BCUT2D eigenvalue weighted by molar-refractivity contribution is 5.69. The molecule has 5 atom stereocenters. The van der Waals surface area contributed by atoms with E-state index in [1.54, 1.807) is 12.2 Å². The first-order valence-corrected chi connectivity index (χ1v) is 10.2. The standard InChI is InChI=1S/C22H34O4/c1-2-3-4-5-6-8-11-17(23)14-15-20(24)18-16-19(18)21-12-9-7-10-13-22(25)26-21/h3-4,6,8,14-15,17-21,23-24H,2,5,7,9-13,16H2,1H3/b4-3-,8-6-,15-14+/t17?,18-,19?,20-,21-/m1/s1. The van der Waals surface area contributed by atoms with Crippen LogP contribution in [0.1, 0.15) is 64.7 Å². The molecule has 1 aliphatic carbocycles. The van der Waals surface area contributed by atoms with Crippen molar-refractivity contribution in [1.29, 1.82) is 0 Å². The third-order valence-corrected chi connectivity index (χ3v) is 5.21. The molecule has 1 saturated carbocycles. The molecule has 1 aliphatic heterocycles. The molecule has 26 heavy (non-hydrogen) atoms. The molecule has 2 aliphatic rings. The van der Waals surface area contributed by atoms with Crippen LogP contribution in [0.25, 0.3) is 0 Å². The van der Waals surface area contributed by atoms with E-state index in [0.29, 0.717) is 12.8 Å². The summed E-state index contributed by atoms with van der Waals surface area (Å²) in [4.78, 5) is 11.7. The van der Waals surface area contributed by atoms with Crippen LogP contribution < -0.4 is 0 Å². The molecule has 2 fully saturated rings. The number of cyclic esters (lactones) is 1. The molecule has 0 radical (unpaired) electrons. The van der Waals surface area contributed by atoms with Gasteiger partial charge in [-0.3, -0.25) is 4.79 Å². The second kappa shape index (κ2) is 11.3. The van der Waals surface area contributed by atoms with Gasteiger partial charge in [-0.25, -0.2) is 0 Å². The first kappa shape index (κ1) is 20.9. The van der Waals surface area contributed by atoms with Crippen molar-refractivity contribution in [3.05, 3.63) is 36.5 Å². The van der Waals surface area contributed by atoms with E-state index in [4.69, 9.17) is 4.74 Å². The summed E-state index contributed by atoms with van der Waals surface area (Å²) < 4.78 is 5.58. The van der Waals surface area contributed by atoms with Crippen LogP contribution in [0.4, 0.5) is 0 Å². The Morgan fingerprint density at radius 1 is 1.12 bits per heavy atom. The minimum atomic E-state index is -0.576. The van der Waals surface area contributed by atoms with Crippen LogP contribution in [0.5, 0.6) is 0 Å². The van der Waals surface area contributed by atoms with Crippen molar-refractivity contribution in [3.63, 3.8) is 0 Å². The van der Waals surface area contributed by atoms with Crippen molar-refractivity contribution in [3.8, 4) is 0 Å². The summed E-state index contributed by atoms with van der Waals surface area (Å²) in [5.74, 6) is 0.311. The molecule has 0 aromatic heterocycles. The number of rotatable bonds is 9. The minimum Gasteiger partial charge on any atom is -0.462 e. The Morgan fingerprint density at radius 3 is 2.73 bits per heavy atom. The first-order chi connectivity index (χ1) is 12.6. The number of aliphatic hydroxyl groups is 2. The third kappa shape index (κ3) is 7.46. The predicted molar refractivity (Wildman–Crippen MR) is 104 cm³/mol. The van der Waals surface area contributed by atoms with Crippen LogP contribution in [0.15, 0.2) is 36.5 Å². The topological polar surface area (TPSA) is 66.8 Å². The summed E-state index contributed by atoms with van der Waals surface area (Å²) in [5, 5.41) is 20.3. The van der Waals surface area contributed by atoms with Gasteiger partial charge in [0.05, 0.1) is 12.2 Å². The van der Waals surface area contributed by atoms with Crippen molar-refractivity contribution in [2.45, 2.75) is 83.0 Å². The smallest absolute Gasteiger partial charge is 0.306 e. The average molecular weight is 363 g/mol. The molecular formula is C22H34O4. The van der Waals surface area contributed by atoms with E-state index in [0.717, 1.165) is 44.9 Å². The molecule has 4 nitrogen and oxygen atoms in total. The Morgan fingerprint density at radius 2 is 1.92 bits per heavy atom. The van der Waals surface area contributed by atoms with Crippen LogP contribution in [-0.4, -0.2) is 34.5 Å². The summed E-state index contributed by atoms with van der Waals surface area (Å²) >= 11 is 0. The summed E-state index contributed by atoms with van der Waals surface area (Å²) in [5.41, 5.74) is 0. The number of carbonyl (C=O) groups excluding carboxylic acids is 1. The predicted octanol–water partition coefficient (Wildman–Crippen LogP) is 4.08. The van der Waals surface area contributed by atoms with E-state index < -0.39 is 12.2 Å². The molecule has 0 bridgehead atoms. The molecule has 0 spiro atoms. The van der Waals surface area contributed by atoms with E-state index in [1.807, 2.05) is 12.2 Å². The molecule has 0 amide bonds. The molecule has 2 rings (SSSR count). The zero-order chi connectivity index (χ0) is 18.8. The van der Waals surface area contributed by atoms with Gasteiger partial charge in [0.15, 0.2) is 0 Å². The van der Waals surface area contributed by atoms with E-state index in [2.05, 4.69) is 19.1 Å². The van der Waals surface area contributed by atoms with Gasteiger partial charge in [-0.1, -0.05) is 49.8 Å². The molecule has 0 aromatic rings. The second-order valence-electron chi connectivity index (χ2n) is 7.46. The number of aliphatic hydroxyl groups excluding tert-OH is 2. The number of esters is 1. The van der Waals surface area contributed by atoms with E-state index in [-0.39, 0.29) is 23.9 Å². The minimum absolute atomic E-state index is 0.0418. The molecular weight excluding hydrogens is 328 g/mol. The Balaban J connectivity index is 1.70. The fraction of sp³-hybridized carbons (Fsp3) is 0.682. The van der Waals surface area contributed by atoms with Gasteiger partial charge in [-0.2, -0.15) is 0 Å². The van der Waals surface area contributed by atoms with E-state index in [1.165, 1.54) is 0 Å². The maximum Gasteiger partial charge on any atom is 0.306 e. The van der Waals surface area contributed by atoms with Crippen molar-refractivity contribution in [2.75, 3.05) is 0 Å². The van der Waals surface area contributed by atoms with Crippen LogP contribution in [0.3, 0.4) is 0 Å². The van der Waals surface area contributed by atoms with Gasteiger partial charge in [0.1, 0.15) is 6.10 Å². The normalized spacial score (nSPS) is 29.7. The number of allylic oxidation sites excluding steroid dienone is 3. The van der Waals surface area contributed by atoms with Crippen molar-refractivity contribution >= 4 is 5.97 Å². The number of hydrogen-bond acceptors (Lipinski definition) is 4. The van der Waals surface area contributed by atoms with Gasteiger partial charge in [-0.05, 0) is 50.9 Å². The van der Waals surface area contributed by atoms with Gasteiger partial charge in [0, 0.05) is 12.3 Å². The highest BCUT2D eigenvalue weighted by Gasteiger charge is 2.47. The third-order valence-electron chi connectivity index (χ3n) is 5.21. The lowest BCUT2D eigenvalue weighted by Gasteiger charge is -2.21. The van der Waals surface area contributed by atoms with Crippen LogP contribution in [-0.2, 0) is 9.53 Å². The molecule has 1 saturated heterocycles. The number of hydrogen-bond donors (Lipinski definition) is 2. The Bertz CT molecular complexity index is 508. The van der Waals surface area contributed by atoms with Crippen LogP contribution >= 0.6 is 0 Å². The quantitative estimate of drug-likeness (QED) is 0.479. The number of ether oxygens (including phenoxy) is 1. The molecule has 2 N–H and O–H groups in total. The van der Waals surface area contributed by atoms with Crippen LogP contribution in [0.2, 0.25) is 0 Å². The van der Waals surface area contributed by atoms with Gasteiger partial charge in [0.25, 0.3) is 0 Å². The van der Waals surface area contributed by atoms with Crippen LogP contribution in [0, 0.1) is 11.8 Å². The highest BCUT2D eigenvalue weighted by Crippen LogP contribution is 2.47. The molecule has 146 valence electrons. The van der Waals surface area contributed by atoms with Crippen molar-refractivity contribution in [1.82, 2.24) is 0 Å². The lowest BCUT2D eigenvalue weighted by Crippen LogP contribution is -2.24. The van der Waals surface area contributed by atoms with E-state index in [9.17, 15) is 15.0 Å². The van der Waals surface area contributed by atoms with Gasteiger partial charge in [-0.15, -0.1) is 0 Å². The number of carbonyl (C=O) groups is 1. The largest absolute Gasteiger partial charge is 0.462 e. The van der Waals surface area contributed by atoms with Gasteiger partial charge < -0.3 is 14.9 Å². The van der Waals surface area contributed by atoms with E-state index >= 15 is 0 Å². The Kier molecular flexibility index (Phi) is 9.13. The van der Waals surface area contributed by atoms with Gasteiger partial charge >= 0.3 is 5.97 Å². The average Bonchev–Trinajstić information content (AvgIpc) is 3.39. The lowest BCUT2D eigenvalue weighted by molar-refractivity contribution is -0.152. The molecule has 1 heterocycles. The first-order valence-electron chi connectivity index (χ1n) is 10.2. The maximum absolute atomic E-state index is 11.7. The highest BCUT2D eigenvalue weighted by atomic mass is 16.5. The summed E-state index contributed by atoms with van der Waals surface area (Å²) in [6.07, 6.45) is 18.3. The zero-order valence-corrected chi connectivity index (χ0v) is 15.9. The Labute approximate surface area is 157 Å².